The quantitative estimate of drug-likeness (QED) is 0.719. The summed E-state index contributed by atoms with van der Waals surface area (Å²) in [6, 6.07) is 5.71. The molecule has 1 aliphatic heterocycles. The first-order chi connectivity index (χ1) is 10.4. The minimum absolute atomic E-state index is 0.0972. The number of carbonyl (C=O) groups excluding carboxylic acids is 2. The largest absolute Gasteiger partial charge is 0.368 e. The van der Waals surface area contributed by atoms with Crippen molar-refractivity contribution in [1.82, 2.24) is 10.6 Å². The van der Waals surface area contributed by atoms with Gasteiger partial charge in [-0.25, -0.2) is 4.39 Å². The minimum atomic E-state index is -0.731. The summed E-state index contributed by atoms with van der Waals surface area (Å²) in [5.74, 6) is -1.24. The van der Waals surface area contributed by atoms with Gasteiger partial charge in [0.25, 0.3) is 0 Å². The third-order valence-corrected chi connectivity index (χ3v) is 4.15. The molecule has 0 aliphatic carbocycles. The zero-order valence-electron chi connectivity index (χ0n) is 12.9. The number of amides is 2. The molecule has 1 atom stereocenters. The maximum atomic E-state index is 13.8. The Morgan fingerprint density at radius 3 is 2.45 bits per heavy atom. The van der Waals surface area contributed by atoms with Gasteiger partial charge in [0.05, 0.1) is 5.41 Å². The fourth-order valence-corrected chi connectivity index (χ4v) is 2.66. The molecular weight excluding hydrogens is 285 g/mol. The molecule has 1 saturated heterocycles. The summed E-state index contributed by atoms with van der Waals surface area (Å²) < 4.78 is 13.8. The number of halogens is 1. The molecule has 6 heteroatoms. The molecule has 0 aromatic heterocycles. The summed E-state index contributed by atoms with van der Waals surface area (Å²) in [5.41, 5.74) is 5.10. The Morgan fingerprint density at radius 1 is 1.36 bits per heavy atom. The zero-order valence-corrected chi connectivity index (χ0v) is 12.9. The molecule has 1 aliphatic rings. The van der Waals surface area contributed by atoms with E-state index in [1.54, 1.807) is 18.2 Å². The van der Waals surface area contributed by atoms with E-state index in [2.05, 4.69) is 10.6 Å². The summed E-state index contributed by atoms with van der Waals surface area (Å²) in [7, 11) is 0. The average Bonchev–Trinajstić information content (AvgIpc) is 2.41. The normalized spacial score (nSPS) is 17.6. The van der Waals surface area contributed by atoms with Crippen molar-refractivity contribution < 1.29 is 14.0 Å². The van der Waals surface area contributed by atoms with Crippen LogP contribution in [0.5, 0.6) is 0 Å². The van der Waals surface area contributed by atoms with E-state index in [9.17, 15) is 14.0 Å². The lowest BCUT2D eigenvalue weighted by Crippen LogP contribution is -2.65. The smallest absolute Gasteiger partial charge is 0.240 e. The fraction of sp³-hybridized carbons (Fsp3) is 0.500. The average molecular weight is 307 g/mol. The van der Waals surface area contributed by atoms with Gasteiger partial charge in [0, 0.05) is 13.1 Å². The van der Waals surface area contributed by atoms with Crippen molar-refractivity contribution in [2.75, 3.05) is 13.1 Å². The second kappa shape index (κ2) is 6.44. The van der Waals surface area contributed by atoms with Crippen LogP contribution in [0.3, 0.4) is 0 Å². The van der Waals surface area contributed by atoms with Crippen LogP contribution in [0.4, 0.5) is 4.39 Å². The number of rotatable bonds is 6. The molecule has 0 saturated carbocycles. The van der Waals surface area contributed by atoms with E-state index in [1.807, 2.05) is 13.8 Å². The van der Waals surface area contributed by atoms with Crippen LogP contribution in [0.2, 0.25) is 0 Å². The van der Waals surface area contributed by atoms with Crippen LogP contribution in [-0.4, -0.2) is 30.9 Å². The van der Waals surface area contributed by atoms with E-state index < -0.39 is 17.4 Å². The molecule has 4 N–H and O–H groups in total. The van der Waals surface area contributed by atoms with Gasteiger partial charge in [-0.15, -0.1) is 0 Å². The molecule has 2 amide bonds. The van der Waals surface area contributed by atoms with Gasteiger partial charge in [-0.3, -0.25) is 9.59 Å². The molecule has 2 rings (SSSR count). The Hall–Kier alpha value is -1.95. The minimum Gasteiger partial charge on any atom is -0.368 e. The number of nitrogens with one attached hydrogen (secondary N) is 2. The molecule has 0 unspecified atom stereocenters. The van der Waals surface area contributed by atoms with Crippen LogP contribution in [0.15, 0.2) is 24.3 Å². The first-order valence-corrected chi connectivity index (χ1v) is 7.40. The van der Waals surface area contributed by atoms with E-state index in [4.69, 9.17) is 5.73 Å². The van der Waals surface area contributed by atoms with Gasteiger partial charge in [-0.05, 0) is 24.0 Å². The van der Waals surface area contributed by atoms with Gasteiger partial charge in [-0.2, -0.15) is 0 Å². The standard InChI is InChI=1S/C16H22FN3O2/c1-10(2)13(14(18)21)20-15(22)16(8-19-9-16)7-11-5-3-4-6-12(11)17/h3-6,10,13,19H,7-9H2,1-2H3,(H2,18,21)(H,20,22)/t13-/m0/s1. The number of nitrogens with two attached hydrogens (primary N) is 1. The molecule has 1 heterocycles. The Balaban J connectivity index is 2.14. The fourth-order valence-electron chi connectivity index (χ4n) is 2.66. The van der Waals surface area contributed by atoms with Gasteiger partial charge >= 0.3 is 0 Å². The number of carbonyl (C=O) groups is 2. The zero-order chi connectivity index (χ0) is 16.3. The van der Waals surface area contributed by atoms with Crippen LogP contribution in [0, 0.1) is 17.2 Å². The summed E-state index contributed by atoms with van der Waals surface area (Å²) in [5, 5.41) is 5.78. The van der Waals surface area contributed by atoms with Crippen LogP contribution in [0.25, 0.3) is 0 Å². The number of hydrogen-bond acceptors (Lipinski definition) is 3. The lowest BCUT2D eigenvalue weighted by molar-refractivity contribution is -0.137. The molecule has 0 spiro atoms. The third kappa shape index (κ3) is 3.27. The summed E-state index contributed by atoms with van der Waals surface area (Å²) in [4.78, 5) is 24.1. The highest BCUT2D eigenvalue weighted by atomic mass is 19.1. The Morgan fingerprint density at radius 2 is 2.00 bits per heavy atom. The molecular formula is C16H22FN3O2. The van der Waals surface area contributed by atoms with Crippen molar-refractivity contribution in [1.29, 1.82) is 0 Å². The van der Waals surface area contributed by atoms with Crippen LogP contribution >= 0.6 is 0 Å². The Labute approximate surface area is 129 Å². The predicted octanol–water partition coefficient (Wildman–Crippen LogP) is 0.584. The topological polar surface area (TPSA) is 84.2 Å². The number of primary amides is 1. The first-order valence-electron chi connectivity index (χ1n) is 7.40. The highest BCUT2D eigenvalue weighted by molar-refractivity contribution is 5.90. The molecule has 22 heavy (non-hydrogen) atoms. The Kier molecular flexibility index (Phi) is 4.81. The van der Waals surface area contributed by atoms with E-state index >= 15 is 0 Å². The van der Waals surface area contributed by atoms with Gasteiger partial charge in [0.2, 0.25) is 11.8 Å². The SMILES string of the molecule is CC(C)[C@H](NC(=O)C1(Cc2ccccc2F)CNC1)C(N)=O. The highest BCUT2D eigenvalue weighted by Crippen LogP contribution is 2.29. The van der Waals surface area contributed by atoms with Crippen molar-refractivity contribution in [3.05, 3.63) is 35.6 Å². The summed E-state index contributed by atoms with van der Waals surface area (Å²) in [6.07, 6.45) is 0.294. The van der Waals surface area contributed by atoms with Crippen molar-refractivity contribution in [3.8, 4) is 0 Å². The highest BCUT2D eigenvalue weighted by Gasteiger charge is 2.45. The van der Waals surface area contributed by atoms with E-state index in [1.165, 1.54) is 6.07 Å². The van der Waals surface area contributed by atoms with Crippen molar-refractivity contribution >= 4 is 11.8 Å². The maximum Gasteiger partial charge on any atom is 0.240 e. The van der Waals surface area contributed by atoms with Crippen LogP contribution < -0.4 is 16.4 Å². The summed E-state index contributed by atoms with van der Waals surface area (Å²) >= 11 is 0. The molecule has 1 aromatic carbocycles. The van der Waals surface area contributed by atoms with E-state index in [0.717, 1.165) is 0 Å². The third-order valence-electron chi connectivity index (χ3n) is 4.15. The maximum absolute atomic E-state index is 13.8. The number of benzene rings is 1. The molecule has 0 bridgehead atoms. The van der Waals surface area contributed by atoms with Crippen molar-refractivity contribution in [3.63, 3.8) is 0 Å². The van der Waals surface area contributed by atoms with Gasteiger partial charge in [-0.1, -0.05) is 32.0 Å². The second-order valence-corrected chi connectivity index (χ2v) is 6.25. The van der Waals surface area contributed by atoms with Gasteiger partial charge in [0.1, 0.15) is 11.9 Å². The lowest BCUT2D eigenvalue weighted by Gasteiger charge is -2.42. The van der Waals surface area contributed by atoms with E-state index in [0.29, 0.717) is 25.1 Å². The second-order valence-electron chi connectivity index (χ2n) is 6.25. The van der Waals surface area contributed by atoms with Gasteiger partial charge < -0.3 is 16.4 Å². The predicted molar refractivity (Wildman–Crippen MR) is 81.4 cm³/mol. The van der Waals surface area contributed by atoms with Crippen LogP contribution in [-0.2, 0) is 16.0 Å². The monoisotopic (exact) mass is 307 g/mol. The first kappa shape index (κ1) is 16.4. The molecule has 0 radical (unpaired) electrons. The molecule has 1 aromatic rings. The molecule has 5 nitrogen and oxygen atoms in total. The Bertz CT molecular complexity index is 570. The molecule has 1 fully saturated rings. The van der Waals surface area contributed by atoms with Crippen molar-refractivity contribution in [2.24, 2.45) is 17.1 Å². The number of hydrogen-bond donors (Lipinski definition) is 3. The molecule has 120 valence electrons. The van der Waals surface area contributed by atoms with E-state index in [-0.39, 0.29) is 17.6 Å². The summed E-state index contributed by atoms with van der Waals surface area (Å²) in [6.45, 7) is 4.55. The lowest BCUT2D eigenvalue weighted by atomic mass is 9.75. The van der Waals surface area contributed by atoms with Gasteiger partial charge in [0.15, 0.2) is 0 Å². The van der Waals surface area contributed by atoms with Crippen molar-refractivity contribution in [2.45, 2.75) is 26.3 Å². The van der Waals surface area contributed by atoms with Crippen LogP contribution in [0.1, 0.15) is 19.4 Å².